The Balaban J connectivity index is 1.38. The van der Waals surface area contributed by atoms with Gasteiger partial charge in [0.25, 0.3) is 0 Å². The first kappa shape index (κ1) is 13.1. The lowest BCUT2D eigenvalue weighted by Crippen LogP contribution is -2.44. The molecule has 6 nitrogen and oxygen atoms in total. The summed E-state index contributed by atoms with van der Waals surface area (Å²) in [5.41, 5.74) is 2.10. The van der Waals surface area contributed by atoms with E-state index in [1.54, 1.807) is 18.6 Å². The molecule has 0 radical (unpaired) electrons. The molecule has 6 heteroatoms. The SMILES string of the molecule is c1cncc(CN2CC(c3nc(-c4cccnc4)no3)C2)c1. The summed E-state index contributed by atoms with van der Waals surface area (Å²) < 4.78 is 5.39. The Kier molecular flexibility index (Phi) is 3.36. The van der Waals surface area contributed by atoms with Crippen LogP contribution in [0.1, 0.15) is 17.4 Å². The van der Waals surface area contributed by atoms with Crippen molar-refractivity contribution in [2.24, 2.45) is 0 Å². The maximum Gasteiger partial charge on any atom is 0.232 e. The molecule has 22 heavy (non-hydrogen) atoms. The van der Waals surface area contributed by atoms with E-state index in [0.717, 1.165) is 25.2 Å². The van der Waals surface area contributed by atoms with E-state index in [0.29, 0.717) is 17.6 Å². The third-order valence-electron chi connectivity index (χ3n) is 3.80. The Hall–Kier alpha value is -2.60. The van der Waals surface area contributed by atoms with Gasteiger partial charge < -0.3 is 4.52 Å². The van der Waals surface area contributed by atoms with Crippen molar-refractivity contribution in [3.05, 3.63) is 60.5 Å². The first-order chi connectivity index (χ1) is 10.9. The van der Waals surface area contributed by atoms with E-state index in [9.17, 15) is 0 Å². The highest BCUT2D eigenvalue weighted by Crippen LogP contribution is 2.28. The Morgan fingerprint density at radius 3 is 2.64 bits per heavy atom. The van der Waals surface area contributed by atoms with Gasteiger partial charge in [0.15, 0.2) is 0 Å². The molecule has 4 heterocycles. The molecule has 1 aliphatic heterocycles. The fourth-order valence-corrected chi connectivity index (χ4v) is 2.62. The number of hydrogen-bond acceptors (Lipinski definition) is 6. The van der Waals surface area contributed by atoms with E-state index in [1.165, 1.54) is 5.56 Å². The molecule has 0 bridgehead atoms. The molecule has 0 unspecified atom stereocenters. The van der Waals surface area contributed by atoms with Crippen molar-refractivity contribution < 1.29 is 4.52 Å². The zero-order chi connectivity index (χ0) is 14.8. The molecule has 0 N–H and O–H groups in total. The monoisotopic (exact) mass is 293 g/mol. The third-order valence-corrected chi connectivity index (χ3v) is 3.80. The Morgan fingerprint density at radius 1 is 1.09 bits per heavy atom. The van der Waals surface area contributed by atoms with E-state index >= 15 is 0 Å². The largest absolute Gasteiger partial charge is 0.339 e. The second-order valence-electron chi connectivity index (χ2n) is 5.45. The number of pyridine rings is 2. The molecule has 3 aromatic rings. The zero-order valence-electron chi connectivity index (χ0n) is 12.0. The van der Waals surface area contributed by atoms with E-state index in [4.69, 9.17) is 4.52 Å². The predicted octanol–water partition coefficient (Wildman–Crippen LogP) is 2.13. The first-order valence-corrected chi connectivity index (χ1v) is 7.24. The molecule has 0 atom stereocenters. The molecular formula is C16H15N5O. The van der Waals surface area contributed by atoms with E-state index in [2.05, 4.69) is 31.1 Å². The summed E-state index contributed by atoms with van der Waals surface area (Å²) >= 11 is 0. The van der Waals surface area contributed by atoms with Crippen LogP contribution in [0.3, 0.4) is 0 Å². The van der Waals surface area contributed by atoms with Gasteiger partial charge in [-0.3, -0.25) is 14.9 Å². The van der Waals surface area contributed by atoms with E-state index in [-0.39, 0.29) is 0 Å². The summed E-state index contributed by atoms with van der Waals surface area (Å²) in [5.74, 6) is 1.63. The Bertz CT molecular complexity index is 737. The number of aromatic nitrogens is 4. The number of likely N-dealkylation sites (tertiary alicyclic amines) is 1. The van der Waals surface area contributed by atoms with Crippen LogP contribution in [0.15, 0.2) is 53.6 Å². The highest BCUT2D eigenvalue weighted by Gasteiger charge is 2.32. The molecule has 0 spiro atoms. The van der Waals surface area contributed by atoms with Gasteiger partial charge in [0.2, 0.25) is 11.7 Å². The molecular weight excluding hydrogens is 278 g/mol. The Morgan fingerprint density at radius 2 is 1.91 bits per heavy atom. The lowest BCUT2D eigenvalue weighted by atomic mass is 9.99. The third kappa shape index (κ3) is 2.60. The lowest BCUT2D eigenvalue weighted by molar-refractivity contribution is 0.117. The van der Waals surface area contributed by atoms with Crippen LogP contribution >= 0.6 is 0 Å². The summed E-state index contributed by atoms with van der Waals surface area (Å²) in [6, 6.07) is 7.85. The normalized spacial score (nSPS) is 15.6. The molecule has 1 saturated heterocycles. The predicted molar refractivity (Wildman–Crippen MR) is 79.8 cm³/mol. The van der Waals surface area contributed by atoms with Crippen LogP contribution in [-0.4, -0.2) is 38.1 Å². The summed E-state index contributed by atoms with van der Waals surface area (Å²) in [6.45, 7) is 2.78. The highest BCUT2D eigenvalue weighted by molar-refractivity contribution is 5.51. The molecule has 0 aliphatic carbocycles. The molecule has 3 aromatic heterocycles. The van der Waals surface area contributed by atoms with Crippen LogP contribution < -0.4 is 0 Å². The van der Waals surface area contributed by atoms with Crippen LogP contribution in [0.25, 0.3) is 11.4 Å². The summed E-state index contributed by atoms with van der Waals surface area (Å²) in [5, 5.41) is 4.04. The van der Waals surface area contributed by atoms with Crippen molar-refractivity contribution in [3.63, 3.8) is 0 Å². The van der Waals surface area contributed by atoms with Crippen LogP contribution in [0.4, 0.5) is 0 Å². The van der Waals surface area contributed by atoms with Gasteiger partial charge in [-0.25, -0.2) is 0 Å². The van der Waals surface area contributed by atoms with Gasteiger partial charge in [0, 0.05) is 50.0 Å². The smallest absolute Gasteiger partial charge is 0.232 e. The van der Waals surface area contributed by atoms with Crippen molar-refractivity contribution >= 4 is 0 Å². The summed E-state index contributed by atoms with van der Waals surface area (Å²) in [4.78, 5) is 15.0. The van der Waals surface area contributed by atoms with Crippen molar-refractivity contribution in [2.75, 3.05) is 13.1 Å². The second kappa shape index (κ2) is 5.65. The van der Waals surface area contributed by atoms with E-state index in [1.807, 2.05) is 24.4 Å². The number of nitrogens with zero attached hydrogens (tertiary/aromatic N) is 5. The zero-order valence-corrected chi connectivity index (χ0v) is 12.0. The molecule has 1 fully saturated rings. The minimum Gasteiger partial charge on any atom is -0.339 e. The molecule has 0 aromatic carbocycles. The van der Waals surface area contributed by atoms with Gasteiger partial charge >= 0.3 is 0 Å². The maximum absolute atomic E-state index is 5.39. The van der Waals surface area contributed by atoms with Gasteiger partial charge in [-0.2, -0.15) is 4.98 Å². The molecule has 110 valence electrons. The molecule has 0 saturated carbocycles. The standard InChI is InChI=1S/C16H15N5O/c1-3-12(7-17-5-1)9-21-10-14(11-21)16-19-15(20-22-16)13-4-2-6-18-8-13/h1-8,14H,9-11H2. The topological polar surface area (TPSA) is 67.9 Å². The first-order valence-electron chi connectivity index (χ1n) is 7.24. The average Bonchev–Trinajstić information content (AvgIpc) is 3.02. The fourth-order valence-electron chi connectivity index (χ4n) is 2.62. The molecule has 1 aliphatic rings. The molecule has 0 amide bonds. The maximum atomic E-state index is 5.39. The molecule has 4 rings (SSSR count). The van der Waals surface area contributed by atoms with Crippen molar-refractivity contribution in [1.82, 2.24) is 25.0 Å². The lowest BCUT2D eigenvalue weighted by Gasteiger charge is -2.36. The van der Waals surface area contributed by atoms with E-state index < -0.39 is 0 Å². The van der Waals surface area contributed by atoms with Crippen LogP contribution in [0.5, 0.6) is 0 Å². The summed E-state index contributed by atoms with van der Waals surface area (Å²) in [7, 11) is 0. The Labute approximate surface area is 127 Å². The van der Waals surface area contributed by atoms with Gasteiger partial charge in [-0.1, -0.05) is 11.2 Å². The average molecular weight is 293 g/mol. The van der Waals surface area contributed by atoms with Crippen molar-refractivity contribution in [3.8, 4) is 11.4 Å². The van der Waals surface area contributed by atoms with Gasteiger partial charge in [0.1, 0.15) is 0 Å². The van der Waals surface area contributed by atoms with Crippen molar-refractivity contribution in [2.45, 2.75) is 12.5 Å². The number of rotatable bonds is 4. The van der Waals surface area contributed by atoms with Gasteiger partial charge in [0.05, 0.1) is 5.92 Å². The van der Waals surface area contributed by atoms with Gasteiger partial charge in [-0.05, 0) is 23.8 Å². The second-order valence-corrected chi connectivity index (χ2v) is 5.45. The fraction of sp³-hybridized carbons (Fsp3) is 0.250. The van der Waals surface area contributed by atoms with Crippen LogP contribution in [0.2, 0.25) is 0 Å². The highest BCUT2D eigenvalue weighted by atomic mass is 16.5. The quantitative estimate of drug-likeness (QED) is 0.734. The van der Waals surface area contributed by atoms with Crippen molar-refractivity contribution in [1.29, 1.82) is 0 Å². The summed E-state index contributed by atoms with van der Waals surface area (Å²) in [6.07, 6.45) is 7.16. The van der Waals surface area contributed by atoms with Crippen LogP contribution in [0, 0.1) is 0 Å². The minimum atomic E-state index is 0.314. The number of hydrogen-bond donors (Lipinski definition) is 0. The van der Waals surface area contributed by atoms with Gasteiger partial charge in [-0.15, -0.1) is 0 Å². The van der Waals surface area contributed by atoms with Crippen LogP contribution in [-0.2, 0) is 6.54 Å². The minimum absolute atomic E-state index is 0.314.